The summed E-state index contributed by atoms with van der Waals surface area (Å²) in [5.74, 6) is -0.318. The molecular formula is C15H23ClFNO3. The van der Waals surface area contributed by atoms with Crippen LogP contribution in [0.1, 0.15) is 20.8 Å². The molecule has 0 bridgehead atoms. The van der Waals surface area contributed by atoms with Crippen molar-refractivity contribution >= 4 is 18.4 Å². The molecule has 1 aromatic carbocycles. The lowest BCUT2D eigenvalue weighted by Crippen LogP contribution is -2.34. The maximum absolute atomic E-state index is 12.7. The number of benzene rings is 1. The highest BCUT2D eigenvalue weighted by Gasteiger charge is 2.13. The highest BCUT2D eigenvalue weighted by Crippen LogP contribution is 2.11. The lowest BCUT2D eigenvalue weighted by molar-refractivity contribution is -0.151. The third-order valence-corrected chi connectivity index (χ3v) is 2.91. The normalized spacial score (nSPS) is 11.7. The first kappa shape index (κ1) is 19.7. The van der Waals surface area contributed by atoms with Crippen molar-refractivity contribution in [1.82, 2.24) is 4.90 Å². The second kappa shape index (κ2) is 10.4. The Morgan fingerprint density at radius 1 is 1.24 bits per heavy atom. The second-order valence-electron chi connectivity index (χ2n) is 4.53. The van der Waals surface area contributed by atoms with Crippen LogP contribution >= 0.6 is 12.4 Å². The fraction of sp³-hybridized carbons (Fsp3) is 0.533. The van der Waals surface area contributed by atoms with Crippen molar-refractivity contribution in [2.75, 3.05) is 26.2 Å². The predicted octanol–water partition coefficient (Wildman–Crippen LogP) is 2.90. The zero-order valence-electron chi connectivity index (χ0n) is 12.7. The number of halogens is 2. The topological polar surface area (TPSA) is 38.8 Å². The second-order valence-corrected chi connectivity index (χ2v) is 4.53. The number of carbonyl (C=O) groups excluding carboxylic acids is 1. The van der Waals surface area contributed by atoms with Gasteiger partial charge in [0.15, 0.2) is 6.61 Å². The summed E-state index contributed by atoms with van der Waals surface area (Å²) in [4.78, 5) is 13.8. The summed E-state index contributed by atoms with van der Waals surface area (Å²) in [7, 11) is 0. The van der Waals surface area contributed by atoms with Gasteiger partial charge in [-0.1, -0.05) is 13.8 Å². The molecule has 1 rings (SSSR count). The summed E-state index contributed by atoms with van der Waals surface area (Å²) in [6, 6.07) is 5.51. The maximum Gasteiger partial charge on any atom is 0.344 e. The van der Waals surface area contributed by atoms with Gasteiger partial charge >= 0.3 is 5.97 Å². The molecule has 4 nitrogen and oxygen atoms in total. The third-order valence-electron chi connectivity index (χ3n) is 2.91. The van der Waals surface area contributed by atoms with Gasteiger partial charge in [-0.2, -0.15) is 0 Å². The quantitative estimate of drug-likeness (QED) is 0.691. The Morgan fingerprint density at radius 2 is 1.81 bits per heavy atom. The van der Waals surface area contributed by atoms with Crippen LogP contribution < -0.4 is 4.74 Å². The molecule has 0 saturated heterocycles. The minimum Gasteiger partial charge on any atom is -0.482 e. The van der Waals surface area contributed by atoms with Crippen molar-refractivity contribution in [3.05, 3.63) is 30.1 Å². The fourth-order valence-electron chi connectivity index (χ4n) is 1.81. The number of likely N-dealkylation sites (N-methyl/N-ethyl adjacent to an activating group) is 1. The van der Waals surface area contributed by atoms with Gasteiger partial charge in [-0.3, -0.25) is 0 Å². The molecule has 1 unspecified atom stereocenters. The molecule has 0 aliphatic carbocycles. The number of esters is 1. The highest BCUT2D eigenvalue weighted by atomic mass is 35.5. The van der Waals surface area contributed by atoms with Crippen LogP contribution in [0.3, 0.4) is 0 Å². The van der Waals surface area contributed by atoms with Gasteiger partial charge in [0, 0.05) is 6.54 Å². The summed E-state index contributed by atoms with van der Waals surface area (Å²) >= 11 is 0. The number of ether oxygens (including phenoxy) is 2. The number of rotatable bonds is 8. The van der Waals surface area contributed by atoms with Crippen LogP contribution in [0, 0.1) is 5.82 Å². The molecule has 0 aliphatic rings. The molecule has 0 heterocycles. The molecule has 1 aromatic rings. The summed E-state index contributed by atoms with van der Waals surface area (Å²) in [5.41, 5.74) is 0. The minimum absolute atomic E-state index is 0. The molecule has 0 radical (unpaired) electrons. The van der Waals surface area contributed by atoms with Crippen LogP contribution in [0.5, 0.6) is 5.75 Å². The Morgan fingerprint density at radius 3 is 2.33 bits per heavy atom. The Kier molecular flexibility index (Phi) is 9.75. The van der Waals surface area contributed by atoms with Gasteiger partial charge in [-0.05, 0) is 44.3 Å². The Bertz CT molecular complexity index is 410. The van der Waals surface area contributed by atoms with E-state index in [0.717, 1.165) is 13.1 Å². The van der Waals surface area contributed by atoms with Gasteiger partial charge in [0.2, 0.25) is 0 Å². The molecular weight excluding hydrogens is 297 g/mol. The SMILES string of the molecule is CCN(CC)CC(C)OC(=O)COc1ccc(F)cc1.Cl. The zero-order valence-corrected chi connectivity index (χ0v) is 13.5. The van der Waals surface area contributed by atoms with Crippen molar-refractivity contribution in [1.29, 1.82) is 0 Å². The van der Waals surface area contributed by atoms with Crippen LogP contribution in [-0.2, 0) is 9.53 Å². The standard InChI is InChI=1S/C15H22FNO3.ClH/c1-4-17(5-2)10-12(3)20-15(18)11-19-14-8-6-13(16)7-9-14;/h6-9,12H,4-5,10-11H2,1-3H3;1H. The average Bonchev–Trinajstić information content (AvgIpc) is 2.44. The molecule has 6 heteroatoms. The molecule has 0 N–H and O–H groups in total. The molecule has 1 atom stereocenters. The average molecular weight is 320 g/mol. The van der Waals surface area contributed by atoms with Crippen molar-refractivity contribution in [2.24, 2.45) is 0 Å². The van der Waals surface area contributed by atoms with Gasteiger partial charge in [-0.15, -0.1) is 12.4 Å². The number of hydrogen-bond donors (Lipinski definition) is 0. The van der Waals surface area contributed by atoms with E-state index in [1.165, 1.54) is 24.3 Å². The summed E-state index contributed by atoms with van der Waals surface area (Å²) in [5, 5.41) is 0. The lowest BCUT2D eigenvalue weighted by Gasteiger charge is -2.22. The fourth-order valence-corrected chi connectivity index (χ4v) is 1.81. The molecule has 21 heavy (non-hydrogen) atoms. The van der Waals surface area contributed by atoms with E-state index in [1.54, 1.807) is 0 Å². The van der Waals surface area contributed by atoms with Crippen molar-refractivity contribution in [3.8, 4) is 5.75 Å². The van der Waals surface area contributed by atoms with Crippen molar-refractivity contribution in [2.45, 2.75) is 26.9 Å². The van der Waals surface area contributed by atoms with Crippen LogP contribution in [0.15, 0.2) is 24.3 Å². The molecule has 0 aromatic heterocycles. The first-order valence-corrected chi connectivity index (χ1v) is 6.85. The van der Waals surface area contributed by atoms with Crippen LogP contribution in [0.2, 0.25) is 0 Å². The minimum atomic E-state index is -0.422. The van der Waals surface area contributed by atoms with Crippen molar-refractivity contribution < 1.29 is 18.7 Å². The monoisotopic (exact) mass is 319 g/mol. The van der Waals surface area contributed by atoms with E-state index in [9.17, 15) is 9.18 Å². The molecule has 0 saturated carbocycles. The van der Waals surface area contributed by atoms with Crippen LogP contribution in [0.4, 0.5) is 4.39 Å². The molecule has 0 aliphatic heterocycles. The van der Waals surface area contributed by atoms with Crippen LogP contribution in [-0.4, -0.2) is 43.2 Å². The summed E-state index contributed by atoms with van der Waals surface area (Å²) in [6.45, 7) is 8.36. The number of nitrogens with zero attached hydrogens (tertiary/aromatic N) is 1. The van der Waals surface area contributed by atoms with Crippen molar-refractivity contribution in [3.63, 3.8) is 0 Å². The van der Waals surface area contributed by atoms with E-state index in [-0.39, 0.29) is 30.9 Å². The largest absolute Gasteiger partial charge is 0.482 e. The van der Waals surface area contributed by atoms with Gasteiger partial charge in [0.25, 0.3) is 0 Å². The van der Waals surface area contributed by atoms with Gasteiger partial charge < -0.3 is 14.4 Å². The Balaban J connectivity index is 0.00000400. The van der Waals surface area contributed by atoms with E-state index in [1.807, 2.05) is 6.92 Å². The van der Waals surface area contributed by atoms with Gasteiger partial charge in [0.05, 0.1) is 0 Å². The zero-order chi connectivity index (χ0) is 15.0. The summed E-state index contributed by atoms with van der Waals surface area (Å²) < 4.78 is 23.2. The molecule has 0 spiro atoms. The first-order valence-electron chi connectivity index (χ1n) is 6.85. The molecule has 0 fully saturated rings. The van der Waals surface area contributed by atoms with E-state index in [4.69, 9.17) is 9.47 Å². The number of hydrogen-bond acceptors (Lipinski definition) is 4. The van der Waals surface area contributed by atoms with Gasteiger partial charge in [-0.25, -0.2) is 9.18 Å². The van der Waals surface area contributed by atoms with E-state index >= 15 is 0 Å². The first-order chi connectivity index (χ1) is 9.55. The lowest BCUT2D eigenvalue weighted by atomic mass is 10.3. The highest BCUT2D eigenvalue weighted by molar-refractivity contribution is 5.85. The van der Waals surface area contributed by atoms with E-state index < -0.39 is 5.97 Å². The predicted molar refractivity (Wildman–Crippen MR) is 82.5 cm³/mol. The summed E-state index contributed by atoms with van der Waals surface area (Å²) in [6.07, 6.45) is -0.181. The Hall–Kier alpha value is -1.33. The number of carbonyl (C=O) groups is 1. The Labute approximate surface area is 131 Å². The van der Waals surface area contributed by atoms with Crippen LogP contribution in [0.25, 0.3) is 0 Å². The van der Waals surface area contributed by atoms with E-state index in [0.29, 0.717) is 12.3 Å². The third kappa shape index (κ3) is 7.87. The maximum atomic E-state index is 12.7. The molecule has 120 valence electrons. The van der Waals surface area contributed by atoms with Gasteiger partial charge in [0.1, 0.15) is 17.7 Å². The molecule has 0 amide bonds. The van der Waals surface area contributed by atoms with E-state index in [2.05, 4.69) is 18.7 Å². The smallest absolute Gasteiger partial charge is 0.344 e.